The van der Waals surface area contributed by atoms with Crippen LogP contribution in [-0.4, -0.2) is 5.11 Å². The molecule has 2 aromatic rings. The van der Waals surface area contributed by atoms with Crippen LogP contribution in [0, 0.1) is 13.8 Å². The molecule has 1 nitrogen and oxygen atoms in total. The van der Waals surface area contributed by atoms with Crippen LogP contribution < -0.4 is 0 Å². The molecule has 0 aromatic heterocycles. The fourth-order valence-corrected chi connectivity index (χ4v) is 1.94. The summed E-state index contributed by atoms with van der Waals surface area (Å²) in [6.45, 7) is 4.13. The van der Waals surface area contributed by atoms with Crippen molar-refractivity contribution in [1.29, 1.82) is 0 Å². The molecule has 2 rings (SSSR count). The predicted molar refractivity (Wildman–Crippen MR) is 68.0 cm³/mol. The average molecular weight is 233 g/mol. The number of phenols is 1. The maximum absolute atomic E-state index is 9.57. The van der Waals surface area contributed by atoms with E-state index in [1.165, 1.54) is 11.1 Å². The number of aromatic hydroxyl groups is 1. The second-order valence-corrected chi connectivity index (χ2v) is 4.39. The summed E-state index contributed by atoms with van der Waals surface area (Å²) < 4.78 is 0. The molecule has 1 N–H and O–H groups in total. The van der Waals surface area contributed by atoms with Crippen molar-refractivity contribution in [2.45, 2.75) is 13.8 Å². The van der Waals surface area contributed by atoms with Gasteiger partial charge in [0, 0.05) is 0 Å². The number of phenolic OH excluding ortho intramolecular Hbond substituents is 1. The van der Waals surface area contributed by atoms with E-state index in [9.17, 15) is 5.11 Å². The molecule has 0 saturated carbocycles. The Bertz CT molecular complexity index is 532. The Kier molecular flexibility index (Phi) is 2.88. The minimum Gasteiger partial charge on any atom is -0.506 e. The Hall–Kier alpha value is -1.47. The lowest BCUT2D eigenvalue weighted by Crippen LogP contribution is -1.84. The van der Waals surface area contributed by atoms with Gasteiger partial charge in [-0.25, -0.2) is 0 Å². The maximum Gasteiger partial charge on any atom is 0.134 e. The summed E-state index contributed by atoms with van der Waals surface area (Å²) in [7, 11) is 0. The Morgan fingerprint density at radius 2 is 1.75 bits per heavy atom. The van der Waals surface area contributed by atoms with Crippen LogP contribution in [-0.2, 0) is 0 Å². The van der Waals surface area contributed by atoms with Crippen molar-refractivity contribution in [2.75, 3.05) is 0 Å². The van der Waals surface area contributed by atoms with Gasteiger partial charge in [0.15, 0.2) is 0 Å². The molecule has 82 valence electrons. The lowest BCUT2D eigenvalue weighted by molar-refractivity contribution is 0.476. The van der Waals surface area contributed by atoms with Crippen LogP contribution in [0.15, 0.2) is 36.4 Å². The zero-order valence-corrected chi connectivity index (χ0v) is 10.0. The van der Waals surface area contributed by atoms with Crippen LogP contribution in [0.2, 0.25) is 5.02 Å². The molecule has 0 unspecified atom stereocenters. The number of rotatable bonds is 1. The topological polar surface area (TPSA) is 20.2 Å². The van der Waals surface area contributed by atoms with Crippen molar-refractivity contribution in [3.05, 3.63) is 52.5 Å². The Morgan fingerprint density at radius 3 is 2.38 bits per heavy atom. The smallest absolute Gasteiger partial charge is 0.134 e. The van der Waals surface area contributed by atoms with Gasteiger partial charge in [-0.15, -0.1) is 0 Å². The molecular weight excluding hydrogens is 220 g/mol. The van der Waals surface area contributed by atoms with E-state index in [1.807, 2.05) is 6.07 Å². The highest BCUT2D eigenvalue weighted by Crippen LogP contribution is 2.31. The molecule has 0 bridgehead atoms. The lowest BCUT2D eigenvalue weighted by Gasteiger charge is -2.08. The van der Waals surface area contributed by atoms with E-state index >= 15 is 0 Å². The number of hydrogen-bond acceptors (Lipinski definition) is 1. The molecule has 0 fully saturated rings. The molecule has 2 aromatic carbocycles. The van der Waals surface area contributed by atoms with Gasteiger partial charge >= 0.3 is 0 Å². The van der Waals surface area contributed by atoms with E-state index in [-0.39, 0.29) is 5.75 Å². The second-order valence-electron chi connectivity index (χ2n) is 3.98. The van der Waals surface area contributed by atoms with Gasteiger partial charge in [0.1, 0.15) is 5.75 Å². The maximum atomic E-state index is 9.57. The van der Waals surface area contributed by atoms with Crippen LogP contribution in [0.5, 0.6) is 5.75 Å². The molecule has 0 aliphatic carbocycles. The highest BCUT2D eigenvalue weighted by atomic mass is 35.5. The molecule has 0 aliphatic heterocycles. The minimum absolute atomic E-state index is 0.124. The van der Waals surface area contributed by atoms with E-state index in [2.05, 4.69) is 32.0 Å². The Morgan fingerprint density at radius 1 is 1.00 bits per heavy atom. The lowest BCUT2D eigenvalue weighted by atomic mass is 9.99. The molecule has 0 radical (unpaired) electrons. The van der Waals surface area contributed by atoms with Gasteiger partial charge in [-0.05, 0) is 42.7 Å². The average Bonchev–Trinajstić information content (AvgIpc) is 2.22. The van der Waals surface area contributed by atoms with Crippen LogP contribution in [0.4, 0.5) is 0 Å². The third-order valence-corrected chi connectivity index (χ3v) is 2.96. The highest BCUT2D eigenvalue weighted by molar-refractivity contribution is 6.32. The van der Waals surface area contributed by atoms with Gasteiger partial charge in [-0.3, -0.25) is 0 Å². The molecule has 2 heteroatoms. The zero-order valence-electron chi connectivity index (χ0n) is 9.29. The quantitative estimate of drug-likeness (QED) is 0.776. The molecule has 0 saturated heterocycles. The molecule has 0 heterocycles. The third kappa shape index (κ3) is 2.05. The molecule has 0 spiro atoms. The van der Waals surface area contributed by atoms with Crippen molar-refractivity contribution in [3.63, 3.8) is 0 Å². The summed E-state index contributed by atoms with van der Waals surface area (Å²) in [6.07, 6.45) is 0. The Labute approximate surface area is 100 Å². The van der Waals surface area contributed by atoms with Gasteiger partial charge in [-0.1, -0.05) is 41.4 Å². The first-order valence-electron chi connectivity index (χ1n) is 5.14. The third-order valence-electron chi connectivity index (χ3n) is 2.64. The summed E-state index contributed by atoms with van der Waals surface area (Å²) in [5.74, 6) is 0.124. The van der Waals surface area contributed by atoms with Gasteiger partial charge in [-0.2, -0.15) is 0 Å². The van der Waals surface area contributed by atoms with Crippen LogP contribution in [0.3, 0.4) is 0 Å². The highest BCUT2D eigenvalue weighted by Gasteiger charge is 2.05. The second kappa shape index (κ2) is 4.18. The first-order valence-corrected chi connectivity index (χ1v) is 5.52. The van der Waals surface area contributed by atoms with Crippen molar-refractivity contribution in [1.82, 2.24) is 0 Å². The van der Waals surface area contributed by atoms with E-state index in [0.29, 0.717) is 5.02 Å². The van der Waals surface area contributed by atoms with Crippen molar-refractivity contribution in [2.24, 2.45) is 0 Å². The summed E-state index contributed by atoms with van der Waals surface area (Å²) >= 11 is 5.78. The minimum atomic E-state index is 0.124. The molecule has 0 atom stereocenters. The van der Waals surface area contributed by atoms with Crippen molar-refractivity contribution >= 4 is 11.6 Å². The first-order chi connectivity index (χ1) is 7.58. The zero-order chi connectivity index (χ0) is 11.7. The van der Waals surface area contributed by atoms with Gasteiger partial charge in [0.05, 0.1) is 5.02 Å². The van der Waals surface area contributed by atoms with Crippen LogP contribution in [0.25, 0.3) is 11.1 Å². The Balaban J connectivity index is 2.54. The standard InChI is InChI=1S/C14H13ClO/c1-9-3-5-12(10(2)7-9)11-4-6-13(15)14(16)8-11/h3-8,16H,1-2H3. The fourth-order valence-electron chi connectivity index (χ4n) is 1.82. The fraction of sp³-hybridized carbons (Fsp3) is 0.143. The largest absolute Gasteiger partial charge is 0.506 e. The molecule has 0 aliphatic rings. The summed E-state index contributed by atoms with van der Waals surface area (Å²) in [5, 5.41) is 9.96. The van der Waals surface area contributed by atoms with Crippen LogP contribution >= 0.6 is 11.6 Å². The number of halogens is 1. The summed E-state index contributed by atoms with van der Waals surface area (Å²) in [5.41, 5.74) is 4.54. The SMILES string of the molecule is Cc1ccc(-c2ccc(Cl)c(O)c2)c(C)c1. The molecule has 0 amide bonds. The number of aryl methyl sites for hydroxylation is 2. The van der Waals surface area contributed by atoms with Crippen molar-refractivity contribution < 1.29 is 5.11 Å². The normalized spacial score (nSPS) is 10.4. The van der Waals surface area contributed by atoms with E-state index in [4.69, 9.17) is 11.6 Å². The summed E-state index contributed by atoms with van der Waals surface area (Å²) in [6, 6.07) is 11.6. The first kappa shape index (κ1) is 11.0. The van der Waals surface area contributed by atoms with Gasteiger partial charge < -0.3 is 5.11 Å². The predicted octanol–water partition coefficient (Wildman–Crippen LogP) is 4.33. The number of hydrogen-bond donors (Lipinski definition) is 1. The van der Waals surface area contributed by atoms with Gasteiger partial charge in [0.2, 0.25) is 0 Å². The van der Waals surface area contributed by atoms with Crippen molar-refractivity contribution in [3.8, 4) is 16.9 Å². The summed E-state index contributed by atoms with van der Waals surface area (Å²) in [4.78, 5) is 0. The molecular formula is C14H13ClO. The van der Waals surface area contributed by atoms with Gasteiger partial charge in [0.25, 0.3) is 0 Å². The number of benzene rings is 2. The van der Waals surface area contributed by atoms with E-state index in [0.717, 1.165) is 11.1 Å². The monoisotopic (exact) mass is 232 g/mol. The van der Waals surface area contributed by atoms with Crippen LogP contribution in [0.1, 0.15) is 11.1 Å². The van der Waals surface area contributed by atoms with E-state index < -0.39 is 0 Å². The molecule has 16 heavy (non-hydrogen) atoms. The van der Waals surface area contributed by atoms with E-state index in [1.54, 1.807) is 12.1 Å².